The summed E-state index contributed by atoms with van der Waals surface area (Å²) in [4.78, 5) is 11.6. The predicted molar refractivity (Wildman–Crippen MR) is 208 cm³/mol. The molecule has 0 bridgehead atoms. The number of hydrogen-bond acceptors (Lipinski definition) is 1. The van der Waals surface area contributed by atoms with E-state index in [9.17, 15) is 4.79 Å². The van der Waals surface area contributed by atoms with E-state index in [1.807, 2.05) is 0 Å². The summed E-state index contributed by atoms with van der Waals surface area (Å²) < 4.78 is 0. The molecule has 0 aliphatic heterocycles. The molecule has 1 atom stereocenters. The second-order valence-corrected chi connectivity index (χ2v) is 13.1. The number of allylic oxidation sites excluding steroid dienone is 14. The molecule has 0 aliphatic rings. The fourth-order valence-electron chi connectivity index (χ4n) is 5.61. The van der Waals surface area contributed by atoms with E-state index in [0.717, 1.165) is 25.7 Å². The van der Waals surface area contributed by atoms with Crippen molar-refractivity contribution < 1.29 is 4.79 Å². The third kappa shape index (κ3) is 36.1. The van der Waals surface area contributed by atoms with Gasteiger partial charge in [-0.3, -0.25) is 4.79 Å². The van der Waals surface area contributed by atoms with Gasteiger partial charge in [0.15, 0.2) is 0 Å². The number of unbranched alkanes of at least 4 members (excludes halogenated alkanes) is 20. The maximum atomic E-state index is 11.6. The first-order valence-corrected chi connectivity index (χ1v) is 19.6. The molecule has 0 aromatic carbocycles. The Bertz CT molecular complexity index is 840. The first-order chi connectivity index (χ1) is 22.7. The molecular weight excluding hydrogens is 558 g/mol. The normalized spacial score (nSPS) is 13.4. The molecule has 46 heavy (non-hydrogen) atoms. The summed E-state index contributed by atoms with van der Waals surface area (Å²) in [5.74, 6) is -0.0472. The highest BCUT2D eigenvalue weighted by Crippen LogP contribution is 2.17. The lowest BCUT2D eigenvalue weighted by Gasteiger charge is -2.11. The highest BCUT2D eigenvalue weighted by molar-refractivity contribution is 5.76. The zero-order valence-electron chi connectivity index (χ0n) is 30.5. The summed E-state index contributed by atoms with van der Waals surface area (Å²) in [6.45, 7) is 4.42. The monoisotopic (exact) mass is 634 g/mol. The molecule has 0 aromatic rings. The van der Waals surface area contributed by atoms with Crippen molar-refractivity contribution in [3.05, 3.63) is 85.1 Å². The van der Waals surface area contributed by atoms with Crippen LogP contribution in [-0.4, -0.2) is 5.91 Å². The fourth-order valence-corrected chi connectivity index (χ4v) is 5.61. The van der Waals surface area contributed by atoms with Gasteiger partial charge >= 0.3 is 0 Å². The van der Waals surface area contributed by atoms with E-state index < -0.39 is 0 Å². The van der Waals surface area contributed by atoms with Gasteiger partial charge in [0.2, 0.25) is 5.91 Å². The van der Waals surface area contributed by atoms with Crippen molar-refractivity contribution in [2.24, 2.45) is 11.7 Å². The van der Waals surface area contributed by atoms with E-state index >= 15 is 0 Å². The number of amides is 1. The predicted octanol–water partition coefficient (Wildman–Crippen LogP) is 14.2. The van der Waals surface area contributed by atoms with Crippen LogP contribution in [0.25, 0.3) is 0 Å². The average molecular weight is 634 g/mol. The minimum absolute atomic E-state index is 0.0658. The average Bonchev–Trinajstić information content (AvgIpc) is 3.05. The standard InChI is InChI=1S/C44H75NO/c1-3-5-7-8-9-10-11-12-13-14-15-16-17-18-19-20-21-22-23-24-25-26-27-28-29-30-31-32-33-34-35-36-37-38-40-42-43(44(45)46)41-39-6-4-2/h8-19,37-38,43H,3-7,20-36,39-42H2,1-2H3,(H2,45,46)/b9-8+,11-10+,13-12+,15-14+,17-16+,19-18+,38-37+. The zero-order valence-corrected chi connectivity index (χ0v) is 30.5. The molecule has 0 heterocycles. The smallest absolute Gasteiger partial charge is 0.220 e. The van der Waals surface area contributed by atoms with Gasteiger partial charge in [-0.25, -0.2) is 0 Å². The van der Waals surface area contributed by atoms with Crippen LogP contribution in [0.4, 0.5) is 0 Å². The lowest BCUT2D eigenvalue weighted by Crippen LogP contribution is -2.23. The summed E-state index contributed by atoms with van der Waals surface area (Å²) >= 11 is 0. The highest BCUT2D eigenvalue weighted by atomic mass is 16.1. The van der Waals surface area contributed by atoms with Crippen molar-refractivity contribution in [2.75, 3.05) is 0 Å². The molecule has 1 unspecified atom stereocenters. The second-order valence-electron chi connectivity index (χ2n) is 13.1. The van der Waals surface area contributed by atoms with Gasteiger partial charge in [-0.15, -0.1) is 0 Å². The van der Waals surface area contributed by atoms with Crippen LogP contribution in [-0.2, 0) is 4.79 Å². The number of primary amides is 1. The van der Waals surface area contributed by atoms with Gasteiger partial charge in [0, 0.05) is 5.92 Å². The summed E-state index contributed by atoms with van der Waals surface area (Å²) in [6, 6.07) is 0. The zero-order chi connectivity index (χ0) is 33.4. The number of hydrogen-bond donors (Lipinski definition) is 1. The van der Waals surface area contributed by atoms with Crippen molar-refractivity contribution in [3.8, 4) is 0 Å². The van der Waals surface area contributed by atoms with E-state index in [0.29, 0.717) is 0 Å². The van der Waals surface area contributed by atoms with Crippen molar-refractivity contribution in [2.45, 2.75) is 181 Å². The SMILES string of the molecule is CCCC/C=C/C=C/C=C/C=C/C=C/C=C/CCCCCCCCCCCCCCCCC/C=C/CCC(CCCCC)C(N)=O. The van der Waals surface area contributed by atoms with Gasteiger partial charge in [0.25, 0.3) is 0 Å². The van der Waals surface area contributed by atoms with Crippen LogP contribution in [0.5, 0.6) is 0 Å². The molecule has 0 aliphatic carbocycles. The van der Waals surface area contributed by atoms with Gasteiger partial charge < -0.3 is 5.73 Å². The van der Waals surface area contributed by atoms with Crippen LogP contribution < -0.4 is 5.73 Å². The number of nitrogens with two attached hydrogens (primary N) is 1. The van der Waals surface area contributed by atoms with E-state index in [-0.39, 0.29) is 11.8 Å². The Balaban J connectivity index is 3.40. The topological polar surface area (TPSA) is 43.1 Å². The molecule has 0 saturated heterocycles. The lowest BCUT2D eigenvalue weighted by atomic mass is 9.95. The van der Waals surface area contributed by atoms with E-state index in [1.165, 1.54) is 141 Å². The molecule has 0 aromatic heterocycles. The highest BCUT2D eigenvalue weighted by Gasteiger charge is 2.13. The van der Waals surface area contributed by atoms with Gasteiger partial charge in [-0.1, -0.05) is 214 Å². The van der Waals surface area contributed by atoms with Crippen LogP contribution >= 0.6 is 0 Å². The van der Waals surface area contributed by atoms with Crippen LogP contribution in [0.1, 0.15) is 181 Å². The van der Waals surface area contributed by atoms with Gasteiger partial charge in [0.05, 0.1) is 0 Å². The molecule has 1 amide bonds. The van der Waals surface area contributed by atoms with Crippen LogP contribution in [0.2, 0.25) is 0 Å². The van der Waals surface area contributed by atoms with Crippen LogP contribution in [0.3, 0.4) is 0 Å². The van der Waals surface area contributed by atoms with Gasteiger partial charge in [-0.2, -0.15) is 0 Å². The molecular formula is C44H75NO. The molecule has 0 radical (unpaired) electrons. The van der Waals surface area contributed by atoms with E-state index in [4.69, 9.17) is 5.73 Å². The van der Waals surface area contributed by atoms with Crippen LogP contribution in [0, 0.1) is 5.92 Å². The summed E-state index contributed by atoms with van der Waals surface area (Å²) in [6.07, 6.45) is 63.5. The van der Waals surface area contributed by atoms with Crippen molar-refractivity contribution in [3.63, 3.8) is 0 Å². The van der Waals surface area contributed by atoms with Crippen LogP contribution in [0.15, 0.2) is 85.1 Å². The Morgan fingerprint density at radius 1 is 0.391 bits per heavy atom. The van der Waals surface area contributed by atoms with E-state index in [1.54, 1.807) is 0 Å². The van der Waals surface area contributed by atoms with Gasteiger partial charge in [0.1, 0.15) is 0 Å². The number of carbonyl (C=O) groups excluding carboxylic acids is 1. The number of rotatable bonds is 34. The third-order valence-electron chi connectivity index (χ3n) is 8.65. The molecule has 262 valence electrons. The molecule has 2 heteroatoms. The Labute approximate surface area is 287 Å². The van der Waals surface area contributed by atoms with Gasteiger partial charge in [-0.05, 0) is 51.4 Å². The first-order valence-electron chi connectivity index (χ1n) is 19.6. The fraction of sp³-hybridized carbons (Fsp3) is 0.659. The maximum Gasteiger partial charge on any atom is 0.220 e. The summed E-state index contributed by atoms with van der Waals surface area (Å²) in [5, 5.41) is 0. The summed E-state index contributed by atoms with van der Waals surface area (Å²) in [5.41, 5.74) is 5.57. The lowest BCUT2D eigenvalue weighted by molar-refractivity contribution is -0.122. The van der Waals surface area contributed by atoms with Crippen molar-refractivity contribution in [1.29, 1.82) is 0 Å². The third-order valence-corrected chi connectivity index (χ3v) is 8.65. The Morgan fingerprint density at radius 3 is 1.15 bits per heavy atom. The van der Waals surface area contributed by atoms with E-state index in [2.05, 4.69) is 98.9 Å². The molecule has 0 saturated carbocycles. The van der Waals surface area contributed by atoms with Crippen molar-refractivity contribution in [1.82, 2.24) is 0 Å². The molecule has 2 nitrogen and oxygen atoms in total. The van der Waals surface area contributed by atoms with Crippen molar-refractivity contribution >= 4 is 5.91 Å². The Hall–Kier alpha value is -2.35. The maximum absolute atomic E-state index is 11.6. The minimum atomic E-state index is -0.113. The summed E-state index contributed by atoms with van der Waals surface area (Å²) in [7, 11) is 0. The molecule has 2 N–H and O–H groups in total. The number of carbonyl (C=O) groups is 1. The second kappa shape index (κ2) is 38.8. The quantitative estimate of drug-likeness (QED) is 0.0427. The Kier molecular flexibility index (Phi) is 36.8. The largest absolute Gasteiger partial charge is 0.369 e. The Morgan fingerprint density at radius 2 is 0.739 bits per heavy atom. The molecule has 0 rings (SSSR count). The molecule has 0 spiro atoms. The first kappa shape index (κ1) is 43.6. The molecule has 0 fully saturated rings. The minimum Gasteiger partial charge on any atom is -0.369 e.